The fraction of sp³-hybridized carbons (Fsp3) is 0.923. The molecule has 5 nitrogen and oxygen atoms in total. The van der Waals surface area contributed by atoms with Crippen molar-refractivity contribution in [3.63, 3.8) is 0 Å². The number of nitrogens with one attached hydrogen (secondary N) is 1. The SMILES string of the molecule is CCNC1(C(N)=O)CCC(N2CCN(C)CC2)C1. The highest BCUT2D eigenvalue weighted by Gasteiger charge is 2.45. The average molecular weight is 254 g/mol. The highest BCUT2D eigenvalue weighted by Crippen LogP contribution is 2.33. The molecule has 0 aromatic rings. The van der Waals surface area contributed by atoms with Crippen LogP contribution in [-0.2, 0) is 4.79 Å². The predicted octanol–water partition coefficient (Wildman–Crippen LogP) is -0.380. The maximum absolute atomic E-state index is 11.7. The van der Waals surface area contributed by atoms with Crippen LogP contribution in [0.1, 0.15) is 26.2 Å². The molecule has 1 aliphatic heterocycles. The van der Waals surface area contributed by atoms with Crippen LogP contribution in [0, 0.1) is 0 Å². The summed E-state index contributed by atoms with van der Waals surface area (Å²) in [6, 6.07) is 0.519. The number of nitrogens with two attached hydrogens (primary N) is 1. The van der Waals surface area contributed by atoms with Gasteiger partial charge in [0.05, 0.1) is 5.54 Å². The van der Waals surface area contributed by atoms with Crippen LogP contribution in [0.25, 0.3) is 0 Å². The van der Waals surface area contributed by atoms with Crippen molar-refractivity contribution in [2.45, 2.75) is 37.8 Å². The molecular weight excluding hydrogens is 228 g/mol. The number of primary amides is 1. The van der Waals surface area contributed by atoms with E-state index in [1.165, 1.54) is 0 Å². The summed E-state index contributed by atoms with van der Waals surface area (Å²) in [5.74, 6) is -0.180. The molecule has 5 heteroatoms. The van der Waals surface area contributed by atoms with E-state index < -0.39 is 5.54 Å². The molecule has 18 heavy (non-hydrogen) atoms. The van der Waals surface area contributed by atoms with Gasteiger partial charge >= 0.3 is 0 Å². The van der Waals surface area contributed by atoms with Crippen LogP contribution in [0.5, 0.6) is 0 Å². The van der Waals surface area contributed by atoms with Gasteiger partial charge < -0.3 is 16.0 Å². The molecule has 104 valence electrons. The zero-order chi connectivity index (χ0) is 13.2. The normalized spacial score (nSPS) is 34.9. The molecule has 2 fully saturated rings. The second kappa shape index (κ2) is 5.55. The van der Waals surface area contributed by atoms with E-state index >= 15 is 0 Å². The molecule has 0 spiro atoms. The molecule has 2 rings (SSSR count). The summed E-state index contributed by atoms with van der Waals surface area (Å²) in [5.41, 5.74) is 5.15. The van der Waals surface area contributed by atoms with E-state index in [9.17, 15) is 4.79 Å². The maximum Gasteiger partial charge on any atom is 0.237 e. The highest BCUT2D eigenvalue weighted by molar-refractivity contribution is 5.85. The minimum atomic E-state index is -0.456. The predicted molar refractivity (Wildman–Crippen MR) is 72.3 cm³/mol. The van der Waals surface area contributed by atoms with Crippen molar-refractivity contribution in [3.05, 3.63) is 0 Å². The fourth-order valence-corrected chi connectivity index (χ4v) is 3.33. The summed E-state index contributed by atoms with van der Waals surface area (Å²) in [5, 5.41) is 3.32. The van der Waals surface area contributed by atoms with E-state index in [0.717, 1.165) is 52.0 Å². The first-order valence-electron chi connectivity index (χ1n) is 7.05. The summed E-state index contributed by atoms with van der Waals surface area (Å²) in [6.07, 6.45) is 2.84. The van der Waals surface area contributed by atoms with E-state index in [1.54, 1.807) is 0 Å². The molecule has 1 saturated carbocycles. The van der Waals surface area contributed by atoms with Crippen molar-refractivity contribution in [2.24, 2.45) is 5.73 Å². The molecule has 2 atom stereocenters. The fourth-order valence-electron chi connectivity index (χ4n) is 3.33. The maximum atomic E-state index is 11.7. The lowest BCUT2D eigenvalue weighted by molar-refractivity contribution is -0.124. The molecule has 0 aromatic carbocycles. The number of nitrogens with zero attached hydrogens (tertiary/aromatic N) is 2. The number of carbonyl (C=O) groups is 1. The van der Waals surface area contributed by atoms with E-state index in [0.29, 0.717) is 6.04 Å². The Labute approximate surface area is 110 Å². The van der Waals surface area contributed by atoms with Crippen molar-refractivity contribution in [2.75, 3.05) is 39.8 Å². The monoisotopic (exact) mass is 254 g/mol. The minimum Gasteiger partial charge on any atom is -0.368 e. The van der Waals surface area contributed by atoms with E-state index in [-0.39, 0.29) is 5.91 Å². The Hall–Kier alpha value is -0.650. The largest absolute Gasteiger partial charge is 0.368 e. The summed E-state index contributed by atoms with van der Waals surface area (Å²) in [4.78, 5) is 16.6. The molecule has 0 bridgehead atoms. The second-order valence-electron chi connectivity index (χ2n) is 5.71. The molecule has 2 aliphatic rings. The Kier molecular flexibility index (Phi) is 4.25. The number of hydrogen-bond donors (Lipinski definition) is 2. The molecule has 1 saturated heterocycles. The van der Waals surface area contributed by atoms with Gasteiger partial charge in [0, 0.05) is 32.2 Å². The third-order valence-electron chi connectivity index (χ3n) is 4.53. The van der Waals surface area contributed by atoms with Crippen LogP contribution in [0.4, 0.5) is 0 Å². The molecule has 1 amide bonds. The zero-order valence-electron chi connectivity index (χ0n) is 11.6. The second-order valence-corrected chi connectivity index (χ2v) is 5.71. The first-order valence-corrected chi connectivity index (χ1v) is 7.05. The summed E-state index contributed by atoms with van der Waals surface area (Å²) in [6.45, 7) is 7.32. The standard InChI is InChI=1S/C13H26N4O/c1-3-15-13(12(14)18)5-4-11(10-13)17-8-6-16(2)7-9-17/h11,15H,3-10H2,1-2H3,(H2,14,18). The molecule has 2 unspecified atom stereocenters. The summed E-state index contributed by atoms with van der Waals surface area (Å²) in [7, 11) is 2.17. The number of piperazine rings is 1. The van der Waals surface area contributed by atoms with Crippen molar-refractivity contribution >= 4 is 5.91 Å². The third-order valence-corrected chi connectivity index (χ3v) is 4.53. The Bertz CT molecular complexity index is 301. The number of carbonyl (C=O) groups excluding carboxylic acids is 1. The highest BCUT2D eigenvalue weighted by atomic mass is 16.1. The third kappa shape index (κ3) is 2.68. The van der Waals surface area contributed by atoms with Crippen molar-refractivity contribution in [3.8, 4) is 0 Å². The molecular formula is C13H26N4O. The number of amides is 1. The minimum absolute atomic E-state index is 0.180. The van der Waals surface area contributed by atoms with Crippen molar-refractivity contribution < 1.29 is 4.79 Å². The van der Waals surface area contributed by atoms with Crippen LogP contribution in [0.3, 0.4) is 0 Å². The van der Waals surface area contributed by atoms with Gasteiger partial charge in [0.15, 0.2) is 0 Å². The van der Waals surface area contributed by atoms with Gasteiger partial charge in [-0.25, -0.2) is 0 Å². The smallest absolute Gasteiger partial charge is 0.237 e. The van der Waals surface area contributed by atoms with Gasteiger partial charge in [0.2, 0.25) is 5.91 Å². The van der Waals surface area contributed by atoms with Gasteiger partial charge in [-0.2, -0.15) is 0 Å². The van der Waals surface area contributed by atoms with Crippen LogP contribution >= 0.6 is 0 Å². The first-order chi connectivity index (χ1) is 8.57. The molecule has 0 radical (unpaired) electrons. The van der Waals surface area contributed by atoms with Gasteiger partial charge in [-0.3, -0.25) is 9.69 Å². The first kappa shape index (κ1) is 13.8. The van der Waals surface area contributed by atoms with Gasteiger partial charge in [-0.1, -0.05) is 6.92 Å². The van der Waals surface area contributed by atoms with E-state index in [4.69, 9.17) is 5.73 Å². The number of hydrogen-bond acceptors (Lipinski definition) is 4. The van der Waals surface area contributed by atoms with E-state index in [2.05, 4.69) is 22.2 Å². The average Bonchev–Trinajstić information content (AvgIpc) is 2.76. The van der Waals surface area contributed by atoms with Crippen molar-refractivity contribution in [1.29, 1.82) is 0 Å². The van der Waals surface area contributed by atoms with Gasteiger partial charge in [-0.15, -0.1) is 0 Å². The quantitative estimate of drug-likeness (QED) is 0.718. The topological polar surface area (TPSA) is 61.6 Å². The van der Waals surface area contributed by atoms with Crippen LogP contribution < -0.4 is 11.1 Å². The van der Waals surface area contributed by atoms with E-state index in [1.807, 2.05) is 6.92 Å². The number of rotatable bonds is 4. The number of likely N-dealkylation sites (N-methyl/N-ethyl adjacent to an activating group) is 2. The van der Waals surface area contributed by atoms with Crippen molar-refractivity contribution in [1.82, 2.24) is 15.1 Å². The van der Waals surface area contributed by atoms with Gasteiger partial charge in [-0.05, 0) is 32.9 Å². The molecule has 1 heterocycles. The molecule has 1 aliphatic carbocycles. The van der Waals surface area contributed by atoms with Crippen LogP contribution in [0.2, 0.25) is 0 Å². The Morgan fingerprint density at radius 2 is 2.06 bits per heavy atom. The van der Waals surface area contributed by atoms with Gasteiger partial charge in [0.25, 0.3) is 0 Å². The van der Waals surface area contributed by atoms with Crippen LogP contribution in [-0.4, -0.2) is 67.1 Å². The van der Waals surface area contributed by atoms with Crippen LogP contribution in [0.15, 0.2) is 0 Å². The lowest BCUT2D eigenvalue weighted by Crippen LogP contribution is -2.55. The Morgan fingerprint density at radius 1 is 1.39 bits per heavy atom. The summed E-state index contributed by atoms with van der Waals surface area (Å²) < 4.78 is 0. The lowest BCUT2D eigenvalue weighted by atomic mass is 9.96. The Balaban J connectivity index is 1.96. The Morgan fingerprint density at radius 3 is 2.61 bits per heavy atom. The lowest BCUT2D eigenvalue weighted by Gasteiger charge is -2.37. The van der Waals surface area contributed by atoms with Gasteiger partial charge in [0.1, 0.15) is 0 Å². The molecule has 0 aromatic heterocycles. The zero-order valence-corrected chi connectivity index (χ0v) is 11.6. The molecule has 3 N–H and O–H groups in total. The summed E-state index contributed by atoms with van der Waals surface area (Å²) >= 11 is 0.